The van der Waals surface area contributed by atoms with Gasteiger partial charge < -0.3 is 9.64 Å². The van der Waals surface area contributed by atoms with Crippen LogP contribution in [0.1, 0.15) is 49.7 Å². The first-order chi connectivity index (χ1) is 12.6. The second kappa shape index (κ2) is 8.45. The van der Waals surface area contributed by atoms with E-state index in [0.717, 1.165) is 35.2 Å². The Morgan fingerprint density at radius 3 is 2.26 bits per heavy atom. The molecule has 2 aliphatic rings. The van der Waals surface area contributed by atoms with Gasteiger partial charge in [-0.05, 0) is 62.0 Å². The van der Waals surface area contributed by atoms with Crippen molar-refractivity contribution in [2.45, 2.75) is 50.7 Å². The summed E-state index contributed by atoms with van der Waals surface area (Å²) in [6, 6.07) is 16.9. The maximum absolute atomic E-state index is 13.1. The summed E-state index contributed by atoms with van der Waals surface area (Å²) in [6.07, 6.45) is 4.61. The number of carbonyl (C=O) groups excluding carboxylic acids is 1. The molecular weight excluding hydrogens is 358 g/mol. The molecule has 1 heterocycles. The lowest BCUT2D eigenvalue weighted by Gasteiger charge is -2.34. The molecule has 4 heteroatoms. The van der Waals surface area contributed by atoms with Crippen LogP contribution in [-0.4, -0.2) is 36.6 Å². The number of hydrogen-bond donors (Lipinski definition) is 0. The molecule has 144 valence electrons. The molecule has 1 aliphatic heterocycles. The highest BCUT2D eigenvalue weighted by Gasteiger charge is 2.35. The molecule has 0 saturated carbocycles. The van der Waals surface area contributed by atoms with Gasteiger partial charge in [0.05, 0.1) is 0 Å². The van der Waals surface area contributed by atoms with Crippen LogP contribution in [0.2, 0.25) is 0 Å². The van der Waals surface area contributed by atoms with Gasteiger partial charge in [0.1, 0.15) is 12.0 Å². The average Bonchev–Trinajstić information content (AvgIpc) is 2.98. The Morgan fingerprint density at radius 2 is 1.67 bits per heavy atom. The van der Waals surface area contributed by atoms with Crippen LogP contribution in [0.4, 0.5) is 0 Å². The van der Waals surface area contributed by atoms with Crippen LogP contribution in [0.3, 0.4) is 0 Å². The smallest absolute Gasteiger partial charge is 0.318 e. The van der Waals surface area contributed by atoms with Crippen LogP contribution in [0.25, 0.3) is 11.1 Å². The fraction of sp³-hybridized carbons (Fsp3) is 0.435. The van der Waals surface area contributed by atoms with E-state index in [1.807, 2.05) is 31.2 Å². The largest absolute Gasteiger partial charge is 0.462 e. The Kier molecular flexibility index (Phi) is 6.23. The lowest BCUT2D eigenvalue weighted by molar-refractivity contribution is -0.149. The number of benzene rings is 2. The fourth-order valence-corrected chi connectivity index (χ4v) is 4.55. The topological polar surface area (TPSA) is 29.5 Å². The van der Waals surface area contributed by atoms with Gasteiger partial charge in [0, 0.05) is 6.04 Å². The Balaban J connectivity index is 0.00000210. The fourth-order valence-electron chi connectivity index (χ4n) is 4.55. The van der Waals surface area contributed by atoms with Gasteiger partial charge in [-0.1, -0.05) is 55.0 Å². The number of piperidine rings is 1. The minimum absolute atomic E-state index is 0. The summed E-state index contributed by atoms with van der Waals surface area (Å²) < 4.78 is 5.93. The Bertz CT molecular complexity index is 761. The lowest BCUT2D eigenvalue weighted by atomic mass is 9.96. The zero-order valence-corrected chi connectivity index (χ0v) is 16.9. The number of nitrogens with zero attached hydrogens (tertiary/aromatic N) is 1. The minimum Gasteiger partial charge on any atom is -0.462 e. The molecule has 27 heavy (non-hydrogen) atoms. The van der Waals surface area contributed by atoms with Gasteiger partial charge in [0.15, 0.2) is 0 Å². The third-order valence-corrected chi connectivity index (χ3v) is 5.91. The van der Waals surface area contributed by atoms with Gasteiger partial charge in [-0.25, -0.2) is 0 Å². The molecule has 2 aromatic carbocycles. The molecule has 4 rings (SSSR count). The highest BCUT2D eigenvalue weighted by Crippen LogP contribution is 2.45. The number of rotatable bonds is 4. The molecule has 2 aromatic rings. The van der Waals surface area contributed by atoms with E-state index in [0.29, 0.717) is 6.04 Å². The molecule has 0 N–H and O–H groups in total. The van der Waals surface area contributed by atoms with Crippen molar-refractivity contribution < 1.29 is 9.53 Å². The zero-order valence-electron chi connectivity index (χ0n) is 16.1. The molecule has 3 nitrogen and oxygen atoms in total. The van der Waals surface area contributed by atoms with Gasteiger partial charge in [0.25, 0.3) is 0 Å². The Morgan fingerprint density at radius 1 is 1.07 bits per heavy atom. The number of carbonyl (C=O) groups is 1. The van der Waals surface area contributed by atoms with Crippen LogP contribution in [0.5, 0.6) is 0 Å². The normalized spacial score (nSPS) is 20.3. The molecule has 0 spiro atoms. The van der Waals surface area contributed by atoms with Crippen LogP contribution >= 0.6 is 12.4 Å². The SMILES string of the molecule is CC(CC1CCCCN1C)OC(=O)C1c2ccccc2-c2ccccc21.Cl. The van der Waals surface area contributed by atoms with Crippen LogP contribution < -0.4 is 0 Å². The number of ether oxygens (including phenoxy) is 1. The van der Waals surface area contributed by atoms with E-state index in [9.17, 15) is 4.79 Å². The molecule has 1 aliphatic carbocycles. The van der Waals surface area contributed by atoms with Crippen molar-refractivity contribution in [3.8, 4) is 11.1 Å². The van der Waals surface area contributed by atoms with Crippen LogP contribution in [0, 0.1) is 0 Å². The molecule has 1 saturated heterocycles. The summed E-state index contributed by atoms with van der Waals surface area (Å²) >= 11 is 0. The van der Waals surface area contributed by atoms with Gasteiger partial charge in [-0.3, -0.25) is 4.79 Å². The van der Waals surface area contributed by atoms with Crippen molar-refractivity contribution in [1.29, 1.82) is 0 Å². The third-order valence-electron chi connectivity index (χ3n) is 5.91. The van der Waals surface area contributed by atoms with Crippen LogP contribution in [-0.2, 0) is 9.53 Å². The number of fused-ring (bicyclic) bond motifs is 3. The summed E-state index contributed by atoms with van der Waals surface area (Å²) in [5, 5.41) is 0. The first-order valence-corrected chi connectivity index (χ1v) is 9.74. The predicted octanol–water partition coefficient (Wildman–Crippen LogP) is 5.03. The van der Waals surface area contributed by atoms with Crippen molar-refractivity contribution in [1.82, 2.24) is 4.90 Å². The van der Waals surface area contributed by atoms with E-state index in [1.165, 1.54) is 19.3 Å². The molecule has 0 amide bonds. The second-order valence-corrected chi connectivity index (χ2v) is 7.72. The van der Waals surface area contributed by atoms with E-state index in [2.05, 4.69) is 36.2 Å². The van der Waals surface area contributed by atoms with E-state index in [4.69, 9.17) is 4.74 Å². The van der Waals surface area contributed by atoms with Crippen molar-refractivity contribution in [3.05, 3.63) is 59.7 Å². The van der Waals surface area contributed by atoms with E-state index < -0.39 is 0 Å². The van der Waals surface area contributed by atoms with Crippen molar-refractivity contribution in [2.75, 3.05) is 13.6 Å². The van der Waals surface area contributed by atoms with E-state index >= 15 is 0 Å². The van der Waals surface area contributed by atoms with Gasteiger partial charge >= 0.3 is 5.97 Å². The summed E-state index contributed by atoms with van der Waals surface area (Å²) in [4.78, 5) is 15.5. The molecular formula is C23H28ClNO2. The number of likely N-dealkylation sites (tertiary alicyclic amines) is 1. The van der Waals surface area contributed by atoms with Gasteiger partial charge in [-0.15, -0.1) is 12.4 Å². The second-order valence-electron chi connectivity index (χ2n) is 7.72. The summed E-state index contributed by atoms with van der Waals surface area (Å²) in [7, 11) is 2.18. The average molecular weight is 386 g/mol. The van der Waals surface area contributed by atoms with Crippen molar-refractivity contribution >= 4 is 18.4 Å². The molecule has 1 fully saturated rings. The Labute approximate surface area is 168 Å². The Hall–Kier alpha value is -1.84. The molecule has 2 atom stereocenters. The molecule has 0 bridgehead atoms. The highest BCUT2D eigenvalue weighted by molar-refractivity contribution is 5.93. The third kappa shape index (κ3) is 3.90. The predicted molar refractivity (Wildman–Crippen MR) is 111 cm³/mol. The van der Waals surface area contributed by atoms with Gasteiger partial charge in [-0.2, -0.15) is 0 Å². The first-order valence-electron chi connectivity index (χ1n) is 9.74. The number of halogens is 1. The van der Waals surface area contributed by atoms with Crippen molar-refractivity contribution in [3.63, 3.8) is 0 Å². The zero-order chi connectivity index (χ0) is 18.1. The standard InChI is InChI=1S/C23H27NO2.ClH/c1-16(15-17-9-7-8-14-24(17)2)26-23(25)22-20-12-5-3-10-18(20)19-11-4-6-13-21(19)22;/h3-6,10-13,16-17,22H,7-9,14-15H2,1-2H3;1H. The maximum atomic E-state index is 13.1. The highest BCUT2D eigenvalue weighted by atomic mass is 35.5. The maximum Gasteiger partial charge on any atom is 0.318 e. The summed E-state index contributed by atoms with van der Waals surface area (Å²) in [6.45, 7) is 3.18. The first kappa shape index (κ1) is 19.9. The van der Waals surface area contributed by atoms with Crippen LogP contribution in [0.15, 0.2) is 48.5 Å². The molecule has 0 aromatic heterocycles. The molecule has 0 radical (unpaired) electrons. The summed E-state index contributed by atoms with van der Waals surface area (Å²) in [5.41, 5.74) is 4.45. The molecule has 2 unspecified atom stereocenters. The van der Waals surface area contributed by atoms with Crippen molar-refractivity contribution in [2.24, 2.45) is 0 Å². The number of hydrogen-bond acceptors (Lipinski definition) is 3. The summed E-state index contributed by atoms with van der Waals surface area (Å²) in [5.74, 6) is -0.415. The number of esters is 1. The monoisotopic (exact) mass is 385 g/mol. The quantitative estimate of drug-likeness (QED) is 0.691. The van der Waals surface area contributed by atoms with E-state index in [1.54, 1.807) is 0 Å². The minimum atomic E-state index is -0.297. The lowest BCUT2D eigenvalue weighted by Crippen LogP contribution is -2.39. The van der Waals surface area contributed by atoms with Gasteiger partial charge in [0.2, 0.25) is 0 Å². The van der Waals surface area contributed by atoms with E-state index in [-0.39, 0.29) is 30.4 Å².